The van der Waals surface area contributed by atoms with Crippen molar-refractivity contribution in [1.82, 2.24) is 9.55 Å². The van der Waals surface area contributed by atoms with Crippen molar-refractivity contribution in [3.8, 4) is 17.1 Å². The van der Waals surface area contributed by atoms with Crippen LogP contribution in [0.3, 0.4) is 0 Å². The molecule has 0 atom stereocenters. The summed E-state index contributed by atoms with van der Waals surface area (Å²) in [6, 6.07) is 7.15. The third kappa shape index (κ3) is 2.27. The van der Waals surface area contributed by atoms with E-state index in [0.717, 1.165) is 16.7 Å². The van der Waals surface area contributed by atoms with E-state index in [1.807, 2.05) is 0 Å². The van der Waals surface area contributed by atoms with E-state index in [9.17, 15) is 4.39 Å². The van der Waals surface area contributed by atoms with Crippen LogP contribution in [0.25, 0.3) is 21.9 Å². The summed E-state index contributed by atoms with van der Waals surface area (Å²) in [5.74, 6) is -0.924. The molecule has 3 nitrogen and oxygen atoms in total. The summed E-state index contributed by atoms with van der Waals surface area (Å²) in [7, 11) is 0. The molecule has 0 spiro atoms. The van der Waals surface area contributed by atoms with Crippen molar-refractivity contribution in [2.24, 2.45) is 0 Å². The third-order valence-corrected chi connectivity index (χ3v) is 3.12. The number of halogens is 1. The lowest BCUT2D eigenvalue weighted by molar-refractivity contribution is 0.634. The summed E-state index contributed by atoms with van der Waals surface area (Å²) in [6.45, 7) is 1.63. The minimum atomic E-state index is -2.72. The van der Waals surface area contributed by atoms with Gasteiger partial charge in [0.25, 0.3) is 0 Å². The van der Waals surface area contributed by atoms with Crippen molar-refractivity contribution in [3.63, 3.8) is 0 Å². The fraction of sp³-hybridized carbons (Fsp3) is 0.111. The van der Waals surface area contributed by atoms with Crippen LogP contribution in [0.15, 0.2) is 48.7 Å². The molecule has 0 aliphatic carbocycles. The Morgan fingerprint density at radius 3 is 2.73 bits per heavy atom. The first-order chi connectivity index (χ1) is 13.9. The second kappa shape index (κ2) is 5.45. The van der Waals surface area contributed by atoms with Gasteiger partial charge >= 0.3 is 0 Å². The molecule has 2 aromatic carbocycles. The van der Waals surface area contributed by atoms with Crippen LogP contribution in [0.4, 0.5) is 10.1 Å². The van der Waals surface area contributed by atoms with Crippen molar-refractivity contribution in [2.45, 2.75) is 13.7 Å². The second-order valence-corrected chi connectivity index (χ2v) is 4.47. The van der Waals surface area contributed by atoms with E-state index in [1.54, 1.807) is 0 Å². The Hall–Kier alpha value is -2.93. The summed E-state index contributed by atoms with van der Waals surface area (Å²) in [4.78, 5) is 7.02. The first-order valence-electron chi connectivity index (χ1n) is 10.2. The van der Waals surface area contributed by atoms with Crippen molar-refractivity contribution in [3.05, 3.63) is 77.1 Å². The van der Waals surface area contributed by atoms with E-state index in [1.165, 1.54) is 24.3 Å². The Bertz CT molecular complexity index is 1140. The van der Waals surface area contributed by atoms with Crippen LogP contribution < -0.4 is 0 Å². The van der Waals surface area contributed by atoms with Crippen molar-refractivity contribution in [2.75, 3.05) is 0 Å². The van der Waals surface area contributed by atoms with E-state index >= 15 is 0 Å². The van der Waals surface area contributed by atoms with Crippen LogP contribution in [0.1, 0.15) is 22.1 Å². The lowest BCUT2D eigenvalue weighted by atomic mass is 10.1. The summed E-state index contributed by atoms with van der Waals surface area (Å²) in [5.41, 5.74) is -1.18. The van der Waals surface area contributed by atoms with Gasteiger partial charge in [-0.2, -0.15) is 0 Å². The van der Waals surface area contributed by atoms with Crippen LogP contribution in [-0.4, -0.2) is 9.55 Å². The van der Waals surface area contributed by atoms with Gasteiger partial charge < -0.3 is 0 Å². The monoisotopic (exact) mass is 299 g/mol. The number of para-hydroxylation sites is 1. The maximum absolute atomic E-state index is 13.8. The van der Waals surface area contributed by atoms with Gasteiger partial charge in [-0.1, -0.05) is 24.3 Å². The number of benzene rings is 2. The van der Waals surface area contributed by atoms with Gasteiger partial charge in [0.1, 0.15) is 11.6 Å². The molecule has 0 aliphatic heterocycles. The SMILES string of the molecule is [2H]c1nc(-c2ccc(F)c([N+]#[C-])c2)n(-c2c(C([2H])([2H])[2H])cccc2C([2H])([2H])[2H])c1[2H]. The molecule has 1 heterocycles. The van der Waals surface area contributed by atoms with E-state index in [4.69, 9.17) is 17.5 Å². The van der Waals surface area contributed by atoms with Gasteiger partial charge in [-0.25, -0.2) is 14.2 Å². The molecule has 0 radical (unpaired) electrons. The summed E-state index contributed by atoms with van der Waals surface area (Å²) >= 11 is 0. The average Bonchev–Trinajstić information content (AvgIpc) is 2.94. The zero-order valence-electron chi connectivity index (χ0n) is 19.2. The Balaban J connectivity index is 2.46. The molecule has 0 amide bonds. The van der Waals surface area contributed by atoms with Gasteiger partial charge in [0.15, 0.2) is 0 Å². The number of imidazole rings is 1. The van der Waals surface area contributed by atoms with Gasteiger partial charge in [0.05, 0.1) is 15.0 Å². The molecule has 3 aromatic rings. The van der Waals surface area contributed by atoms with E-state index in [0.29, 0.717) is 0 Å². The minimum absolute atomic E-state index is 0.131. The maximum atomic E-state index is 13.8. The highest BCUT2D eigenvalue weighted by atomic mass is 19.1. The molecule has 0 fully saturated rings. The highest BCUT2D eigenvalue weighted by Gasteiger charge is 2.13. The number of nitrogens with zero attached hydrogens (tertiary/aromatic N) is 3. The first-order valence-corrected chi connectivity index (χ1v) is 6.24. The standard InChI is InChI=1S/C18H14FN3/c1-12-5-4-6-13(2)17(12)22-10-9-21-18(22)14-7-8-15(19)16(11-14)20-3/h4-11H,1-2H3/i1D3,2D3,9D,10D. The quantitative estimate of drug-likeness (QED) is 0.620. The Morgan fingerprint density at radius 2 is 2.05 bits per heavy atom. The molecule has 0 N–H and O–H groups in total. The zero-order chi connectivity index (χ0) is 22.4. The van der Waals surface area contributed by atoms with E-state index < -0.39 is 31.9 Å². The van der Waals surface area contributed by atoms with E-state index in [2.05, 4.69) is 9.83 Å². The number of hydrogen-bond acceptors (Lipinski definition) is 1. The van der Waals surface area contributed by atoms with Gasteiger partial charge in [-0.05, 0) is 37.0 Å². The minimum Gasteiger partial charge on any atom is -0.299 e. The number of hydrogen-bond donors (Lipinski definition) is 0. The highest BCUT2D eigenvalue weighted by molar-refractivity contribution is 5.66. The van der Waals surface area contributed by atoms with Gasteiger partial charge in [0.2, 0.25) is 5.69 Å². The summed E-state index contributed by atoms with van der Waals surface area (Å²) in [5, 5.41) is 0. The molecule has 0 saturated heterocycles. The maximum Gasteiger partial charge on any atom is 0.222 e. The lowest BCUT2D eigenvalue weighted by Gasteiger charge is -2.14. The largest absolute Gasteiger partial charge is 0.299 e. The normalized spacial score (nSPS) is 16.9. The average molecular weight is 299 g/mol. The molecule has 1 aromatic heterocycles. The lowest BCUT2D eigenvalue weighted by Crippen LogP contribution is -2.01. The molecule has 0 aliphatic rings. The molecule has 108 valence electrons. The molecule has 22 heavy (non-hydrogen) atoms. The molecule has 3 rings (SSSR count). The fourth-order valence-corrected chi connectivity index (χ4v) is 2.11. The smallest absolute Gasteiger partial charge is 0.222 e. The topological polar surface area (TPSA) is 22.2 Å². The van der Waals surface area contributed by atoms with Crippen molar-refractivity contribution in [1.29, 1.82) is 0 Å². The van der Waals surface area contributed by atoms with Crippen LogP contribution in [0.5, 0.6) is 0 Å². The summed E-state index contributed by atoms with van der Waals surface area (Å²) < 4.78 is 77.9. The molecule has 4 heteroatoms. The molecule has 0 saturated carbocycles. The predicted octanol–water partition coefficient (Wildman–Crippen LogP) is 4.85. The van der Waals surface area contributed by atoms with Crippen LogP contribution in [0.2, 0.25) is 0 Å². The zero-order valence-corrected chi connectivity index (χ0v) is 11.2. The van der Waals surface area contributed by atoms with Crippen molar-refractivity contribution >= 4 is 5.69 Å². The molecular weight excluding hydrogens is 277 g/mol. The predicted molar refractivity (Wildman–Crippen MR) is 84.7 cm³/mol. The Kier molecular flexibility index (Phi) is 1.83. The number of aromatic nitrogens is 2. The number of aryl methyl sites for hydroxylation is 2. The Morgan fingerprint density at radius 1 is 1.27 bits per heavy atom. The molecular formula is C18H14FN3. The first kappa shape index (κ1) is 7.37. The third-order valence-electron chi connectivity index (χ3n) is 3.12. The second-order valence-electron chi connectivity index (χ2n) is 4.47. The Labute approximate surface area is 139 Å². The van der Waals surface area contributed by atoms with Crippen LogP contribution >= 0.6 is 0 Å². The molecule has 0 unspecified atom stereocenters. The van der Waals surface area contributed by atoms with Crippen molar-refractivity contribution < 1.29 is 15.4 Å². The van der Waals surface area contributed by atoms with E-state index in [-0.39, 0.29) is 33.9 Å². The van der Waals surface area contributed by atoms with Gasteiger partial charge in [0, 0.05) is 26.1 Å². The number of rotatable bonds is 2. The van der Waals surface area contributed by atoms with Crippen LogP contribution in [-0.2, 0) is 0 Å². The van der Waals surface area contributed by atoms with Gasteiger partial charge in [-0.15, -0.1) is 0 Å². The van der Waals surface area contributed by atoms with Crippen LogP contribution in [0, 0.1) is 26.1 Å². The molecule has 0 bridgehead atoms. The fourth-order valence-electron chi connectivity index (χ4n) is 2.11. The summed E-state index contributed by atoms with van der Waals surface area (Å²) in [6.07, 6.45) is -1.07. The highest BCUT2D eigenvalue weighted by Crippen LogP contribution is 2.29. The van der Waals surface area contributed by atoms with Gasteiger partial charge in [-0.3, -0.25) is 4.57 Å².